The first kappa shape index (κ1) is 25.9. The fourth-order valence-corrected chi connectivity index (χ4v) is 2.94. The molecule has 1 amide bonds. The Morgan fingerprint density at radius 1 is 1.03 bits per heavy atom. The van der Waals surface area contributed by atoms with Crippen LogP contribution < -0.4 is 10.6 Å². The highest BCUT2D eigenvalue weighted by Crippen LogP contribution is 2.14. The highest BCUT2D eigenvalue weighted by atomic mass is 127. The van der Waals surface area contributed by atoms with Crippen molar-refractivity contribution in [1.29, 1.82) is 0 Å². The molecule has 30 heavy (non-hydrogen) atoms. The number of aliphatic hydroxyl groups is 1. The van der Waals surface area contributed by atoms with Crippen molar-refractivity contribution in [2.75, 3.05) is 26.2 Å². The lowest BCUT2D eigenvalue weighted by molar-refractivity contribution is -0.130. The summed E-state index contributed by atoms with van der Waals surface area (Å²) >= 11 is 0. The maximum Gasteiger partial charge on any atom is 0.244 e. The lowest BCUT2D eigenvalue weighted by Gasteiger charge is -2.20. The number of benzene rings is 2. The van der Waals surface area contributed by atoms with Gasteiger partial charge in [-0.3, -0.25) is 4.79 Å². The summed E-state index contributed by atoms with van der Waals surface area (Å²) in [6.07, 6.45) is 0.0203. The predicted octanol–water partition coefficient (Wildman–Crippen LogP) is 3.33. The van der Waals surface area contributed by atoms with Gasteiger partial charge in [0.2, 0.25) is 5.91 Å². The number of likely N-dealkylation sites (N-methyl/N-ethyl adjacent to an activating group) is 1. The topological polar surface area (TPSA) is 77.0 Å². The summed E-state index contributed by atoms with van der Waals surface area (Å²) < 4.78 is 0. The van der Waals surface area contributed by atoms with Crippen LogP contribution in [0.5, 0.6) is 0 Å². The van der Waals surface area contributed by atoms with Crippen molar-refractivity contribution in [3.63, 3.8) is 0 Å². The number of aliphatic imine (C=N–C) groups is 1. The molecule has 6 nitrogen and oxygen atoms in total. The van der Waals surface area contributed by atoms with Crippen molar-refractivity contribution < 1.29 is 9.90 Å². The van der Waals surface area contributed by atoms with Gasteiger partial charge < -0.3 is 20.6 Å². The van der Waals surface area contributed by atoms with E-state index in [0.29, 0.717) is 38.6 Å². The molecule has 164 valence electrons. The zero-order valence-electron chi connectivity index (χ0n) is 17.8. The summed E-state index contributed by atoms with van der Waals surface area (Å²) in [5.41, 5.74) is 2.00. The molecule has 2 aromatic carbocycles. The van der Waals surface area contributed by atoms with Crippen LogP contribution in [0.25, 0.3) is 0 Å². The summed E-state index contributed by atoms with van der Waals surface area (Å²) in [5.74, 6) is 0.565. The first-order valence-electron chi connectivity index (χ1n) is 10.2. The zero-order chi connectivity index (χ0) is 20.9. The second-order valence-electron chi connectivity index (χ2n) is 6.73. The number of carbonyl (C=O) groups is 1. The van der Waals surface area contributed by atoms with Crippen molar-refractivity contribution in [1.82, 2.24) is 15.5 Å². The summed E-state index contributed by atoms with van der Waals surface area (Å²) in [7, 11) is 0. The van der Waals surface area contributed by atoms with Crippen LogP contribution in [-0.2, 0) is 11.3 Å². The monoisotopic (exact) mass is 524 g/mol. The number of halogens is 1. The Labute approximate surface area is 196 Å². The van der Waals surface area contributed by atoms with Gasteiger partial charge in [0.15, 0.2) is 5.96 Å². The van der Waals surface area contributed by atoms with Gasteiger partial charge in [-0.25, -0.2) is 4.99 Å². The van der Waals surface area contributed by atoms with Crippen LogP contribution in [0.1, 0.15) is 37.5 Å². The fraction of sp³-hybridized carbons (Fsp3) is 0.391. The molecule has 2 rings (SSSR count). The third kappa shape index (κ3) is 9.13. The second kappa shape index (κ2) is 14.8. The Morgan fingerprint density at radius 2 is 1.67 bits per heavy atom. The van der Waals surface area contributed by atoms with Crippen LogP contribution in [-0.4, -0.2) is 48.1 Å². The van der Waals surface area contributed by atoms with E-state index in [-0.39, 0.29) is 36.4 Å². The van der Waals surface area contributed by atoms with Gasteiger partial charge in [0.05, 0.1) is 6.10 Å². The average molecular weight is 524 g/mol. The lowest BCUT2D eigenvalue weighted by atomic mass is 10.1. The SMILES string of the molecule is CCNC(=NCC(=O)N(CC)Cc1ccccc1)NCCC(O)c1ccccc1.I. The Bertz CT molecular complexity index is 756. The maximum absolute atomic E-state index is 12.6. The molecule has 0 fully saturated rings. The van der Waals surface area contributed by atoms with Crippen molar-refractivity contribution in [2.45, 2.75) is 32.9 Å². The highest BCUT2D eigenvalue weighted by Gasteiger charge is 2.12. The first-order valence-corrected chi connectivity index (χ1v) is 10.2. The Kier molecular flexibility index (Phi) is 12.8. The smallest absolute Gasteiger partial charge is 0.244 e. The summed E-state index contributed by atoms with van der Waals surface area (Å²) in [4.78, 5) is 18.8. The fourth-order valence-electron chi connectivity index (χ4n) is 2.94. The number of nitrogens with one attached hydrogen (secondary N) is 2. The molecule has 0 bridgehead atoms. The number of carbonyl (C=O) groups excluding carboxylic acids is 1. The van der Waals surface area contributed by atoms with Crippen LogP contribution in [0.2, 0.25) is 0 Å². The van der Waals surface area contributed by atoms with E-state index in [1.54, 1.807) is 4.90 Å². The Balaban J connectivity index is 0.00000450. The Hall–Kier alpha value is -2.13. The molecule has 0 saturated heterocycles. The zero-order valence-corrected chi connectivity index (χ0v) is 20.1. The molecule has 0 saturated carbocycles. The molecule has 0 aromatic heterocycles. The predicted molar refractivity (Wildman–Crippen MR) is 133 cm³/mol. The molecule has 2 aromatic rings. The van der Waals surface area contributed by atoms with Gasteiger partial charge in [0.1, 0.15) is 6.54 Å². The van der Waals surface area contributed by atoms with Crippen molar-refractivity contribution in [3.8, 4) is 0 Å². The highest BCUT2D eigenvalue weighted by molar-refractivity contribution is 14.0. The standard InChI is InChI=1S/C23H32N4O2.HI/c1-3-24-23(25-16-15-21(28)20-13-9-6-10-14-20)26-17-22(29)27(4-2)18-19-11-7-5-8-12-19;/h5-14,21,28H,3-4,15-18H2,1-2H3,(H2,24,25,26);1H. The quantitative estimate of drug-likeness (QED) is 0.253. The number of guanidine groups is 1. The minimum absolute atomic E-state index is 0. The third-order valence-electron chi connectivity index (χ3n) is 4.56. The molecule has 0 heterocycles. The van der Waals surface area contributed by atoms with Crippen LogP contribution in [0.4, 0.5) is 0 Å². The van der Waals surface area contributed by atoms with E-state index < -0.39 is 6.10 Å². The van der Waals surface area contributed by atoms with Gasteiger partial charge in [0.25, 0.3) is 0 Å². The minimum atomic E-state index is -0.533. The number of hydrogen-bond donors (Lipinski definition) is 3. The number of rotatable bonds is 10. The van der Waals surface area contributed by atoms with E-state index in [4.69, 9.17) is 0 Å². The minimum Gasteiger partial charge on any atom is -0.388 e. The Morgan fingerprint density at radius 3 is 2.27 bits per heavy atom. The van der Waals surface area contributed by atoms with E-state index in [9.17, 15) is 9.90 Å². The maximum atomic E-state index is 12.6. The molecule has 0 spiro atoms. The van der Waals surface area contributed by atoms with E-state index in [0.717, 1.165) is 11.1 Å². The number of nitrogens with zero attached hydrogens (tertiary/aromatic N) is 2. The van der Waals surface area contributed by atoms with Crippen molar-refractivity contribution in [3.05, 3.63) is 71.8 Å². The van der Waals surface area contributed by atoms with Gasteiger partial charge in [-0.1, -0.05) is 60.7 Å². The molecule has 1 unspecified atom stereocenters. The molecule has 3 N–H and O–H groups in total. The lowest BCUT2D eigenvalue weighted by Crippen LogP contribution is -2.39. The third-order valence-corrected chi connectivity index (χ3v) is 4.56. The summed E-state index contributed by atoms with van der Waals surface area (Å²) in [6.45, 7) is 6.50. The van der Waals surface area contributed by atoms with E-state index >= 15 is 0 Å². The van der Waals surface area contributed by atoms with Crippen LogP contribution in [0.3, 0.4) is 0 Å². The average Bonchev–Trinajstić information content (AvgIpc) is 2.76. The van der Waals surface area contributed by atoms with Crippen LogP contribution in [0, 0.1) is 0 Å². The molecule has 0 radical (unpaired) electrons. The van der Waals surface area contributed by atoms with Gasteiger partial charge in [0, 0.05) is 26.2 Å². The van der Waals surface area contributed by atoms with Crippen molar-refractivity contribution in [2.24, 2.45) is 4.99 Å². The van der Waals surface area contributed by atoms with Crippen molar-refractivity contribution >= 4 is 35.8 Å². The number of amides is 1. The van der Waals surface area contributed by atoms with E-state index in [2.05, 4.69) is 15.6 Å². The summed E-state index contributed by atoms with van der Waals surface area (Å²) in [5, 5.41) is 16.6. The molecule has 0 aliphatic rings. The second-order valence-corrected chi connectivity index (χ2v) is 6.73. The van der Waals surface area contributed by atoms with Gasteiger partial charge in [-0.05, 0) is 31.4 Å². The van der Waals surface area contributed by atoms with Crippen LogP contribution in [0.15, 0.2) is 65.7 Å². The molecule has 0 aliphatic heterocycles. The first-order chi connectivity index (χ1) is 14.1. The molecule has 1 atom stereocenters. The molecular formula is C23H33IN4O2. The van der Waals surface area contributed by atoms with Gasteiger partial charge in [-0.15, -0.1) is 24.0 Å². The van der Waals surface area contributed by atoms with E-state index in [1.165, 1.54) is 0 Å². The van der Waals surface area contributed by atoms with Crippen LogP contribution >= 0.6 is 24.0 Å². The molecule has 0 aliphatic carbocycles. The van der Waals surface area contributed by atoms with E-state index in [1.807, 2.05) is 74.5 Å². The normalized spacial score (nSPS) is 11.9. The van der Waals surface area contributed by atoms with Gasteiger partial charge >= 0.3 is 0 Å². The number of hydrogen-bond acceptors (Lipinski definition) is 3. The number of aliphatic hydroxyl groups excluding tert-OH is 1. The molecular weight excluding hydrogens is 491 g/mol. The molecule has 7 heteroatoms. The largest absolute Gasteiger partial charge is 0.388 e. The summed E-state index contributed by atoms with van der Waals surface area (Å²) in [6, 6.07) is 19.5. The van der Waals surface area contributed by atoms with Gasteiger partial charge in [-0.2, -0.15) is 0 Å².